The highest BCUT2D eigenvalue weighted by atomic mass is 19.4. The second-order valence-corrected chi connectivity index (χ2v) is 6.09. The number of benzene rings is 1. The summed E-state index contributed by atoms with van der Waals surface area (Å²) in [5.41, 5.74) is 3.07. The third-order valence-corrected chi connectivity index (χ3v) is 4.37. The van der Waals surface area contributed by atoms with Gasteiger partial charge >= 0.3 is 6.18 Å². The van der Waals surface area contributed by atoms with Crippen molar-refractivity contribution in [3.8, 4) is 0 Å². The predicted molar refractivity (Wildman–Crippen MR) is 81.9 cm³/mol. The molecule has 5 nitrogen and oxygen atoms in total. The van der Waals surface area contributed by atoms with Gasteiger partial charge in [-0.25, -0.2) is 15.4 Å². The number of hydroxylamine groups is 1. The molecule has 0 radical (unpaired) electrons. The van der Waals surface area contributed by atoms with E-state index in [1.165, 1.54) is 0 Å². The van der Waals surface area contributed by atoms with Crippen molar-refractivity contribution >= 4 is 5.91 Å². The van der Waals surface area contributed by atoms with Crippen molar-refractivity contribution in [2.24, 2.45) is 5.92 Å². The maximum atomic E-state index is 12.7. The quantitative estimate of drug-likeness (QED) is 0.659. The van der Waals surface area contributed by atoms with Gasteiger partial charge in [0.15, 0.2) is 0 Å². The molecular weight excluding hydrogens is 335 g/mol. The number of carbonyl (C=O) groups excluding carboxylic acids is 1. The first kappa shape index (κ1) is 17.3. The van der Waals surface area contributed by atoms with Crippen LogP contribution in [0.1, 0.15) is 39.4 Å². The zero-order chi connectivity index (χ0) is 18.0. The van der Waals surface area contributed by atoms with Gasteiger partial charge in [0.1, 0.15) is 11.5 Å². The van der Waals surface area contributed by atoms with E-state index < -0.39 is 17.8 Å². The van der Waals surface area contributed by atoms with Gasteiger partial charge in [0, 0.05) is 18.2 Å². The Kier molecular flexibility index (Phi) is 4.71. The fourth-order valence-electron chi connectivity index (χ4n) is 3.13. The molecule has 132 valence electrons. The Morgan fingerprint density at radius 2 is 2.08 bits per heavy atom. The number of amides is 1. The minimum atomic E-state index is -4.48. The van der Waals surface area contributed by atoms with E-state index in [2.05, 4.69) is 9.97 Å². The summed E-state index contributed by atoms with van der Waals surface area (Å²) in [6.07, 6.45) is -0.783. The maximum Gasteiger partial charge on any atom is 0.433 e. The van der Waals surface area contributed by atoms with E-state index in [0.29, 0.717) is 18.4 Å². The average Bonchev–Trinajstić information content (AvgIpc) is 2.60. The van der Waals surface area contributed by atoms with Crippen LogP contribution in [0.15, 0.2) is 30.5 Å². The highest BCUT2D eigenvalue weighted by Crippen LogP contribution is 2.30. The molecule has 2 N–H and O–H groups in total. The van der Waals surface area contributed by atoms with E-state index in [1.807, 2.05) is 6.07 Å². The normalized spacial score (nSPS) is 17.0. The number of halogens is 3. The molecule has 8 heteroatoms. The van der Waals surface area contributed by atoms with E-state index in [4.69, 9.17) is 5.21 Å². The van der Waals surface area contributed by atoms with Crippen LogP contribution in [0.3, 0.4) is 0 Å². The Balaban J connectivity index is 1.76. The van der Waals surface area contributed by atoms with Crippen LogP contribution in [-0.2, 0) is 25.4 Å². The lowest BCUT2D eigenvalue weighted by Gasteiger charge is -2.24. The smallest absolute Gasteiger partial charge is 0.288 e. The lowest BCUT2D eigenvalue weighted by atomic mass is 9.81. The van der Waals surface area contributed by atoms with Gasteiger partial charge in [-0.3, -0.25) is 10.0 Å². The second kappa shape index (κ2) is 6.79. The number of fused-ring (bicyclic) bond motifs is 1. The number of aromatic nitrogens is 2. The molecule has 0 saturated carbocycles. The molecule has 1 atom stereocenters. The van der Waals surface area contributed by atoms with Crippen LogP contribution in [0.4, 0.5) is 13.2 Å². The number of aryl methyl sites for hydroxylation is 1. The van der Waals surface area contributed by atoms with Crippen LogP contribution in [0.25, 0.3) is 0 Å². The minimum Gasteiger partial charge on any atom is -0.288 e. The van der Waals surface area contributed by atoms with E-state index in [-0.39, 0.29) is 11.7 Å². The summed E-state index contributed by atoms with van der Waals surface area (Å²) in [5.74, 6) is -0.318. The lowest BCUT2D eigenvalue weighted by molar-refractivity contribution is -0.141. The van der Waals surface area contributed by atoms with Crippen LogP contribution in [0.5, 0.6) is 0 Å². The Labute approximate surface area is 141 Å². The molecule has 0 aliphatic heterocycles. The first-order valence-corrected chi connectivity index (χ1v) is 7.82. The molecule has 1 heterocycles. The maximum absolute atomic E-state index is 12.7. The van der Waals surface area contributed by atoms with Gasteiger partial charge < -0.3 is 0 Å². The van der Waals surface area contributed by atoms with Crippen LogP contribution in [-0.4, -0.2) is 21.1 Å². The minimum absolute atomic E-state index is 0.100. The van der Waals surface area contributed by atoms with E-state index >= 15 is 0 Å². The molecule has 0 bridgehead atoms. The summed E-state index contributed by atoms with van der Waals surface area (Å²) in [7, 11) is 0. The average molecular weight is 351 g/mol. The fraction of sp³-hybridized carbons (Fsp3) is 0.353. The molecule has 3 rings (SSSR count). The molecule has 0 saturated heterocycles. The number of alkyl halides is 3. The SMILES string of the molecule is O=C(NO)c1ccc2c(c1)CC(Cc1nccc(C(F)(F)F)n1)CC2. The summed E-state index contributed by atoms with van der Waals surface area (Å²) in [6.45, 7) is 0. The monoisotopic (exact) mass is 351 g/mol. The van der Waals surface area contributed by atoms with Crippen LogP contribution in [0, 0.1) is 5.92 Å². The van der Waals surface area contributed by atoms with Crippen molar-refractivity contribution < 1.29 is 23.2 Å². The zero-order valence-corrected chi connectivity index (χ0v) is 13.2. The molecule has 1 aromatic heterocycles. The Bertz CT molecular complexity index is 793. The molecule has 0 fully saturated rings. The predicted octanol–water partition coefficient (Wildman–Crippen LogP) is 2.96. The highest BCUT2D eigenvalue weighted by molar-refractivity contribution is 5.93. The van der Waals surface area contributed by atoms with Crippen molar-refractivity contribution in [2.75, 3.05) is 0 Å². The van der Waals surface area contributed by atoms with Gasteiger partial charge in [0.25, 0.3) is 5.91 Å². The second-order valence-electron chi connectivity index (χ2n) is 6.09. The van der Waals surface area contributed by atoms with E-state index in [9.17, 15) is 18.0 Å². The molecule has 0 spiro atoms. The van der Waals surface area contributed by atoms with Gasteiger partial charge in [0.2, 0.25) is 0 Å². The summed E-state index contributed by atoms with van der Waals surface area (Å²) >= 11 is 0. The molecule has 2 aromatic rings. The van der Waals surface area contributed by atoms with Crippen molar-refractivity contribution in [2.45, 2.75) is 31.9 Å². The van der Waals surface area contributed by atoms with Crippen molar-refractivity contribution in [1.29, 1.82) is 0 Å². The van der Waals surface area contributed by atoms with Crippen LogP contribution in [0.2, 0.25) is 0 Å². The Morgan fingerprint density at radius 1 is 1.28 bits per heavy atom. The van der Waals surface area contributed by atoms with Crippen LogP contribution < -0.4 is 5.48 Å². The number of hydrogen-bond donors (Lipinski definition) is 2. The summed E-state index contributed by atoms with van der Waals surface area (Å²) < 4.78 is 38.2. The number of rotatable bonds is 3. The van der Waals surface area contributed by atoms with E-state index in [0.717, 1.165) is 36.2 Å². The van der Waals surface area contributed by atoms with Crippen LogP contribution >= 0.6 is 0 Å². The van der Waals surface area contributed by atoms with Crippen molar-refractivity contribution in [3.63, 3.8) is 0 Å². The molecule has 1 unspecified atom stereocenters. The van der Waals surface area contributed by atoms with Gasteiger partial charge in [0.05, 0.1) is 0 Å². The van der Waals surface area contributed by atoms with Gasteiger partial charge in [-0.1, -0.05) is 6.07 Å². The first-order chi connectivity index (χ1) is 11.9. The fourth-order valence-corrected chi connectivity index (χ4v) is 3.13. The standard InChI is InChI=1S/C17H16F3N3O2/c18-17(19,20)14-5-6-21-15(22-14)8-10-1-2-11-3-4-12(16(24)23-25)9-13(11)7-10/h3-6,9-10,25H,1-2,7-8H2,(H,23,24). The number of nitrogens with one attached hydrogen (secondary N) is 1. The molecule has 1 aliphatic carbocycles. The lowest BCUT2D eigenvalue weighted by Crippen LogP contribution is -2.21. The van der Waals surface area contributed by atoms with Gasteiger partial charge in [-0.2, -0.15) is 13.2 Å². The molecule has 1 aromatic carbocycles. The third-order valence-electron chi connectivity index (χ3n) is 4.37. The summed E-state index contributed by atoms with van der Waals surface area (Å²) in [5, 5.41) is 8.72. The van der Waals surface area contributed by atoms with Gasteiger partial charge in [-0.05, 0) is 54.5 Å². The van der Waals surface area contributed by atoms with Crippen molar-refractivity contribution in [1.82, 2.24) is 15.4 Å². The topological polar surface area (TPSA) is 75.1 Å². The number of nitrogens with zero attached hydrogens (tertiary/aromatic N) is 2. The Morgan fingerprint density at radius 3 is 2.80 bits per heavy atom. The molecule has 1 amide bonds. The molecule has 25 heavy (non-hydrogen) atoms. The molecule has 1 aliphatic rings. The summed E-state index contributed by atoms with van der Waals surface area (Å²) in [6, 6.07) is 6.05. The number of carbonyl (C=O) groups is 1. The molecular formula is C17H16F3N3O2. The largest absolute Gasteiger partial charge is 0.433 e. The number of hydrogen-bond acceptors (Lipinski definition) is 4. The zero-order valence-electron chi connectivity index (χ0n) is 13.2. The van der Waals surface area contributed by atoms with E-state index in [1.54, 1.807) is 17.6 Å². The summed E-state index contributed by atoms with van der Waals surface area (Å²) in [4.78, 5) is 19.1. The Hall–Kier alpha value is -2.48. The van der Waals surface area contributed by atoms with Gasteiger partial charge in [-0.15, -0.1) is 0 Å². The third kappa shape index (κ3) is 3.96. The first-order valence-electron chi connectivity index (χ1n) is 7.82. The highest BCUT2D eigenvalue weighted by Gasteiger charge is 2.33. The van der Waals surface area contributed by atoms with Crippen molar-refractivity contribution in [3.05, 3.63) is 58.7 Å².